The van der Waals surface area contributed by atoms with Crippen molar-refractivity contribution in [1.82, 2.24) is 4.53 Å². The number of ether oxygens (including phenoxy) is 1. The monoisotopic (exact) mass is 251 g/mol. The Bertz CT molecular complexity index is 462. The molecule has 8 heteroatoms. The lowest BCUT2D eigenvalue weighted by Crippen LogP contribution is -2.27. The van der Waals surface area contributed by atoms with Gasteiger partial charge in [-0.25, -0.2) is 4.79 Å². The van der Waals surface area contributed by atoms with Crippen molar-refractivity contribution in [2.45, 2.75) is 6.61 Å². The quantitative estimate of drug-likeness (QED) is 0.606. The molecule has 0 saturated carbocycles. The molecule has 0 fully saturated rings. The van der Waals surface area contributed by atoms with Crippen LogP contribution in [-0.4, -0.2) is 19.0 Å². The summed E-state index contributed by atoms with van der Waals surface area (Å²) in [5, 5.41) is 0. The zero-order valence-corrected chi connectivity index (χ0v) is 8.65. The Morgan fingerprint density at radius 3 is 2.38 bits per heavy atom. The molecule has 0 aromatic heterocycles. The second kappa shape index (κ2) is 4.88. The van der Waals surface area contributed by atoms with E-state index >= 15 is 0 Å². The van der Waals surface area contributed by atoms with Gasteiger partial charge in [0.15, 0.2) is 0 Å². The van der Waals surface area contributed by atoms with Gasteiger partial charge in [-0.2, -0.15) is 8.42 Å². The Hall–Kier alpha value is -1.70. The molecule has 0 N–H and O–H groups in total. The molecule has 16 heavy (non-hydrogen) atoms. The lowest BCUT2D eigenvalue weighted by molar-refractivity contribution is 0.0608. The van der Waals surface area contributed by atoms with Crippen molar-refractivity contribution in [3.05, 3.63) is 35.9 Å². The summed E-state index contributed by atoms with van der Waals surface area (Å²) >= 11 is 0. The Kier molecular flexibility index (Phi) is 3.78. The summed E-state index contributed by atoms with van der Waals surface area (Å²) in [4.78, 5) is 10.7. The normalized spacial score (nSPS) is 10.9. The molecule has 0 aliphatic rings. The van der Waals surface area contributed by atoms with Crippen molar-refractivity contribution in [3.8, 4) is 0 Å². The lowest BCUT2D eigenvalue weighted by atomic mass is 10.2. The van der Waals surface area contributed by atoms with Gasteiger partial charge < -0.3 is 4.74 Å². The van der Waals surface area contributed by atoms with Crippen LogP contribution in [0, 0.1) is 0 Å². The minimum Gasteiger partial charge on any atom is -0.442 e. The Balaban J connectivity index is 2.54. The van der Waals surface area contributed by atoms with E-state index in [1.54, 1.807) is 30.3 Å². The first-order valence-corrected chi connectivity index (χ1v) is 5.36. The van der Waals surface area contributed by atoms with Crippen molar-refractivity contribution in [1.29, 1.82) is 0 Å². The van der Waals surface area contributed by atoms with Gasteiger partial charge in [0, 0.05) is 0 Å². The van der Waals surface area contributed by atoms with Crippen LogP contribution in [0.3, 0.4) is 0 Å². The predicted octanol–water partition coefficient (Wildman–Crippen LogP) is 1.72. The topological polar surface area (TPSA) is 63.7 Å². The lowest BCUT2D eigenvalue weighted by Gasteiger charge is -2.07. The molecule has 1 rings (SSSR count). The van der Waals surface area contributed by atoms with Gasteiger partial charge in [0.2, 0.25) is 0 Å². The molecule has 88 valence electrons. The van der Waals surface area contributed by atoms with Gasteiger partial charge in [-0.05, 0) is 10.1 Å². The van der Waals surface area contributed by atoms with Crippen LogP contribution in [0.5, 0.6) is 0 Å². The smallest absolute Gasteiger partial charge is 0.442 e. The molecule has 0 aliphatic heterocycles. The molecular formula is C8H7F2NO4S. The molecule has 0 spiro atoms. The Morgan fingerprint density at radius 1 is 1.31 bits per heavy atom. The molecule has 0 saturated heterocycles. The highest BCUT2D eigenvalue weighted by Crippen LogP contribution is 2.08. The molecule has 0 bridgehead atoms. The van der Waals surface area contributed by atoms with E-state index in [0.29, 0.717) is 5.56 Å². The highest BCUT2D eigenvalue weighted by atomic mass is 32.3. The van der Waals surface area contributed by atoms with Crippen LogP contribution < -0.4 is 0 Å². The van der Waals surface area contributed by atoms with Crippen LogP contribution in [0.15, 0.2) is 30.3 Å². The summed E-state index contributed by atoms with van der Waals surface area (Å²) in [6.45, 7) is -0.352. The fraction of sp³-hybridized carbons (Fsp3) is 0.125. The minimum atomic E-state index is -5.71. The van der Waals surface area contributed by atoms with E-state index in [-0.39, 0.29) is 6.61 Å². The SMILES string of the molecule is O=C(OCc1ccccc1)N(F)S(=O)(=O)F. The van der Waals surface area contributed by atoms with Crippen LogP contribution in [0.4, 0.5) is 13.2 Å². The maximum Gasteiger partial charge on any atom is 0.455 e. The van der Waals surface area contributed by atoms with Crippen molar-refractivity contribution in [2.75, 3.05) is 0 Å². The van der Waals surface area contributed by atoms with E-state index in [2.05, 4.69) is 4.74 Å². The summed E-state index contributed by atoms with van der Waals surface area (Å²) in [6.07, 6.45) is -1.92. The molecular weight excluding hydrogens is 244 g/mol. The van der Waals surface area contributed by atoms with Crippen molar-refractivity contribution in [2.24, 2.45) is 0 Å². The summed E-state index contributed by atoms with van der Waals surface area (Å²) in [5.41, 5.74) is 0.514. The zero-order chi connectivity index (χ0) is 12.2. The molecule has 5 nitrogen and oxygen atoms in total. The molecule has 0 unspecified atom stereocenters. The molecule has 0 atom stereocenters. The summed E-state index contributed by atoms with van der Waals surface area (Å²) in [7, 11) is -5.71. The first-order valence-electron chi connectivity index (χ1n) is 4.02. The highest BCUT2D eigenvalue weighted by molar-refractivity contribution is 7.84. The van der Waals surface area contributed by atoms with Crippen LogP contribution in [0.2, 0.25) is 0 Å². The van der Waals surface area contributed by atoms with E-state index in [1.165, 1.54) is 0 Å². The third-order valence-electron chi connectivity index (χ3n) is 1.54. The maximum atomic E-state index is 12.4. The number of hydrogen-bond acceptors (Lipinski definition) is 4. The standard InChI is InChI=1S/C8H7F2NO4S/c9-11(16(10,13)14)8(12)15-6-7-4-2-1-3-5-7/h1-5H,6H2. The first kappa shape index (κ1) is 12.4. The van der Waals surface area contributed by atoms with E-state index in [1.807, 2.05) is 0 Å². The molecule has 1 aromatic rings. The largest absolute Gasteiger partial charge is 0.455 e. The van der Waals surface area contributed by atoms with Gasteiger partial charge in [-0.1, -0.05) is 38.7 Å². The molecule has 0 radical (unpaired) electrons. The van der Waals surface area contributed by atoms with E-state index in [0.717, 1.165) is 0 Å². The number of amides is 1. The summed E-state index contributed by atoms with van der Waals surface area (Å²) in [6, 6.07) is 8.13. The Morgan fingerprint density at radius 2 is 1.88 bits per heavy atom. The van der Waals surface area contributed by atoms with Crippen LogP contribution in [0.1, 0.15) is 5.56 Å². The Labute approximate surface area is 90.5 Å². The van der Waals surface area contributed by atoms with Crippen molar-refractivity contribution < 1.29 is 26.3 Å². The number of rotatable bonds is 3. The number of benzene rings is 1. The predicted molar refractivity (Wildman–Crippen MR) is 49.6 cm³/mol. The van der Waals surface area contributed by atoms with Gasteiger partial charge >= 0.3 is 16.5 Å². The van der Waals surface area contributed by atoms with Gasteiger partial charge in [-0.15, -0.1) is 0 Å². The van der Waals surface area contributed by atoms with Gasteiger partial charge in [0.25, 0.3) is 0 Å². The van der Waals surface area contributed by atoms with E-state index in [9.17, 15) is 21.6 Å². The molecule has 0 heterocycles. The average Bonchev–Trinajstić information content (AvgIpc) is 2.25. The van der Waals surface area contributed by atoms with Crippen LogP contribution in [0.25, 0.3) is 0 Å². The number of carbonyl (C=O) groups is 1. The summed E-state index contributed by atoms with van der Waals surface area (Å²) < 4.78 is 46.9. The fourth-order valence-corrected chi connectivity index (χ4v) is 1.09. The minimum absolute atomic E-state index is 0.352. The number of nitrogens with zero attached hydrogens (tertiary/aromatic N) is 1. The number of hydrogen-bond donors (Lipinski definition) is 0. The van der Waals surface area contributed by atoms with Gasteiger partial charge in [-0.3, -0.25) is 0 Å². The van der Waals surface area contributed by atoms with Crippen LogP contribution in [-0.2, 0) is 21.8 Å². The molecule has 1 amide bonds. The maximum absolute atomic E-state index is 12.4. The highest BCUT2D eigenvalue weighted by Gasteiger charge is 2.29. The third-order valence-corrected chi connectivity index (χ3v) is 2.07. The first-order chi connectivity index (χ1) is 7.41. The summed E-state index contributed by atoms with van der Waals surface area (Å²) in [5.74, 6) is 0. The molecule has 0 aliphatic carbocycles. The van der Waals surface area contributed by atoms with Crippen molar-refractivity contribution in [3.63, 3.8) is 0 Å². The van der Waals surface area contributed by atoms with E-state index in [4.69, 9.17) is 0 Å². The number of halogens is 2. The fourth-order valence-electron chi connectivity index (χ4n) is 0.859. The average molecular weight is 251 g/mol. The molecule has 1 aromatic carbocycles. The zero-order valence-electron chi connectivity index (χ0n) is 7.84. The van der Waals surface area contributed by atoms with Crippen LogP contribution >= 0.6 is 0 Å². The van der Waals surface area contributed by atoms with Gasteiger partial charge in [0.1, 0.15) is 6.61 Å². The second-order valence-electron chi connectivity index (χ2n) is 2.70. The second-order valence-corrected chi connectivity index (χ2v) is 3.84. The number of carbonyl (C=O) groups excluding carboxylic acids is 1. The van der Waals surface area contributed by atoms with Gasteiger partial charge in [0.05, 0.1) is 0 Å². The third kappa shape index (κ3) is 3.46. The van der Waals surface area contributed by atoms with Crippen molar-refractivity contribution >= 4 is 16.5 Å². The van der Waals surface area contributed by atoms with E-state index < -0.39 is 21.0 Å².